The van der Waals surface area contributed by atoms with E-state index in [1.807, 2.05) is 145 Å². The van der Waals surface area contributed by atoms with Crippen molar-refractivity contribution in [2.45, 2.75) is 257 Å². The van der Waals surface area contributed by atoms with Gasteiger partial charge in [0, 0.05) is 60.3 Å². The first-order valence-electron chi connectivity index (χ1n) is 40.5. The van der Waals surface area contributed by atoms with Gasteiger partial charge in [0.1, 0.15) is 17.7 Å². The first kappa shape index (κ1) is 96.7. The van der Waals surface area contributed by atoms with Crippen molar-refractivity contribution >= 4 is 56.1 Å². The third-order valence-corrected chi connectivity index (χ3v) is 20.6. The smallest absolute Gasteiger partial charge is 0.510 e. The number of hydrogen-bond acceptors (Lipinski definition) is 10. The number of pyridine rings is 2. The van der Waals surface area contributed by atoms with Crippen LogP contribution in [0.25, 0.3) is 44.1 Å². The zero-order valence-corrected chi connectivity index (χ0v) is 74.0. The average Bonchev–Trinajstić information content (AvgIpc) is 1.23. The number of aliphatic hydroxyl groups excluding tert-OH is 2. The van der Waals surface area contributed by atoms with E-state index in [9.17, 15) is 19.8 Å². The molecule has 3 atom stereocenters. The summed E-state index contributed by atoms with van der Waals surface area (Å²) < 4.78 is 0. The van der Waals surface area contributed by atoms with Crippen LogP contribution in [0.4, 0.5) is 11.4 Å². The fourth-order valence-corrected chi connectivity index (χ4v) is 14.1. The number of carbonyl (C=O) groups is 2. The van der Waals surface area contributed by atoms with Gasteiger partial charge in [0.05, 0.1) is 29.2 Å². The first-order valence-corrected chi connectivity index (χ1v) is 40.9. The number of para-hydroxylation sites is 2. The minimum atomic E-state index is -0.337. The molecule has 0 fully saturated rings. The fraction of sp³-hybridized carbons (Fsp3) is 0.459. The van der Waals surface area contributed by atoms with Crippen LogP contribution in [-0.4, -0.2) is 78.9 Å². The fourth-order valence-electron chi connectivity index (χ4n) is 13.9. The monoisotopic (exact) mass is 1690 g/mol. The van der Waals surface area contributed by atoms with Gasteiger partial charge in [-0.3, -0.25) is 14.6 Å². The average molecular weight is 1690 g/mol. The van der Waals surface area contributed by atoms with Gasteiger partial charge in [-0.2, -0.15) is 37.0 Å². The molecule has 0 amide bonds. The van der Waals surface area contributed by atoms with Gasteiger partial charge in [0.2, 0.25) is 0 Å². The number of carbonyl (C=O) groups excluding carboxylic acids is 2. The van der Waals surface area contributed by atoms with E-state index in [4.69, 9.17) is 11.6 Å². The summed E-state index contributed by atoms with van der Waals surface area (Å²) in [7, 11) is 4.05. The summed E-state index contributed by atoms with van der Waals surface area (Å²) in [5.74, 6) is 2.22. The van der Waals surface area contributed by atoms with Crippen LogP contribution in [0.1, 0.15) is 239 Å². The molecule has 0 aliphatic carbocycles. The molecule has 0 bridgehead atoms. The van der Waals surface area contributed by atoms with Crippen molar-refractivity contribution in [3.8, 4) is 22.5 Å². The van der Waals surface area contributed by atoms with E-state index in [-0.39, 0.29) is 73.2 Å². The standard InChI is InChI=1S/C20H21N.C20H20N.C13H17ClN2.C13H28O2.C13H24O2.C10H10N2.C9H16.Ir/c2*1-13(2)16-5-6-19-17(12-16)7-8-21-20(19)18-10-14(3)9-15(4)11-18;1-13(2,14)12-15(3)9-10-16(12)11-7-5-4-6-8-11;2*1-5-10(6-2)12(14)9-13(15)11(7-3)8-4;1-11-7-8-12(9-11)10-5-3-2-4-6-10;1-3-5-7-9-8-6-4-2;/h5-13H,1-4H3;5-10,12-13H,1-4H3;4-10,12H,1-3H3;10-15H,5-9H2,1-4H3;10-11H,5-9H2,1-4H3;2-5,7-9H,1H3;3,8-9H,1,4-7H2,2H3;/q;-1;;;;-2;;+3/b;;;;;;9-8-;. The van der Waals surface area contributed by atoms with E-state index in [2.05, 4.69) is 244 Å². The maximum atomic E-state index is 11.7. The van der Waals surface area contributed by atoms with Crippen LogP contribution in [0.2, 0.25) is 0 Å². The van der Waals surface area contributed by atoms with Crippen molar-refractivity contribution in [3.63, 3.8) is 0 Å². The molecule has 2 aromatic heterocycles. The SMILES string of the molecule is C=CCC/C=C\CCC.CCC(CC)C(=O)CC(=O)C(CC)CC.CCC(CC)C(O)CC(O)C(CC)CC.CN1C=CN(c2[c-]cccc2)[CH-]1.CN1C=CN(c2ccccc2)C1C(C)(C)Cl.Cc1[c-]c(-c2nccc3cc(C(C)C)ccc23)cc(C)c1.Cc1cc(C)cc(-c2nccc3cc(C(C)C)ccc23)c1.[Ir+3]. The van der Waals surface area contributed by atoms with E-state index >= 15 is 0 Å². The predicted molar refractivity (Wildman–Crippen MR) is 470 cm³/mol. The summed E-state index contributed by atoms with van der Waals surface area (Å²) in [5.41, 5.74) is 14.3. The number of nitrogens with zero attached hydrogens (tertiary/aromatic N) is 6. The van der Waals surface area contributed by atoms with Crippen molar-refractivity contribution in [2.24, 2.45) is 23.7 Å². The molecule has 598 valence electrons. The van der Waals surface area contributed by atoms with Crippen LogP contribution in [0, 0.1) is 70.2 Å². The second-order valence-electron chi connectivity index (χ2n) is 30.4. The first-order chi connectivity index (χ1) is 52.1. The summed E-state index contributed by atoms with van der Waals surface area (Å²) >= 11 is 6.46. The molecule has 2 aliphatic rings. The number of aryl methyl sites for hydroxylation is 4. The van der Waals surface area contributed by atoms with E-state index < -0.39 is 0 Å². The van der Waals surface area contributed by atoms with Gasteiger partial charge in [0.15, 0.2) is 0 Å². The number of aromatic nitrogens is 2. The van der Waals surface area contributed by atoms with E-state index in [1.165, 1.54) is 73.5 Å². The topological polar surface area (TPSA) is 113 Å². The van der Waals surface area contributed by atoms with Gasteiger partial charge < -0.3 is 34.8 Å². The quantitative estimate of drug-likeness (QED) is 0.0162. The molecule has 10 rings (SSSR count). The molecule has 0 radical (unpaired) electrons. The third-order valence-electron chi connectivity index (χ3n) is 20.4. The number of Topliss-reactive ketones (excluding diaryl/α,β-unsaturated/α-hetero) is 2. The molecule has 2 N–H and O–H groups in total. The Balaban J connectivity index is 0.000000337. The zero-order chi connectivity index (χ0) is 80.8. The van der Waals surface area contributed by atoms with Crippen LogP contribution < -0.4 is 9.80 Å². The number of hydrogen-bond donors (Lipinski definition) is 2. The molecule has 0 spiro atoms. The molecule has 3 unspecified atom stereocenters. The Hall–Kier alpha value is -7.50. The Kier molecular flexibility index (Phi) is 45.0. The molecule has 12 heteroatoms. The number of alkyl halides is 1. The number of allylic oxidation sites excluding steroid dienone is 3. The van der Waals surface area contributed by atoms with E-state index in [0.29, 0.717) is 30.1 Å². The van der Waals surface area contributed by atoms with Crippen molar-refractivity contribution in [1.82, 2.24) is 19.8 Å². The van der Waals surface area contributed by atoms with Gasteiger partial charge in [0.25, 0.3) is 0 Å². The van der Waals surface area contributed by atoms with Gasteiger partial charge in [-0.05, 0) is 192 Å². The van der Waals surface area contributed by atoms with Crippen molar-refractivity contribution in [3.05, 3.63) is 248 Å². The molecule has 8 aromatic rings. The summed E-state index contributed by atoms with van der Waals surface area (Å²) in [6, 6.07) is 53.3. The number of rotatable bonds is 28. The Morgan fingerprint density at radius 2 is 1.09 bits per heavy atom. The number of halogens is 1. The molecular formula is C98H136ClIrN6O4. The molecule has 4 heterocycles. The van der Waals surface area contributed by atoms with Crippen LogP contribution >= 0.6 is 11.6 Å². The van der Waals surface area contributed by atoms with Crippen molar-refractivity contribution < 1.29 is 39.9 Å². The largest absolute Gasteiger partial charge is 3.00 e. The Labute approximate surface area is 685 Å². The maximum Gasteiger partial charge on any atom is 3.00 e. The number of unbranched alkanes of at least 4 members (excludes halogenated alkanes) is 2. The van der Waals surface area contributed by atoms with Gasteiger partial charge in [-0.1, -0.05) is 226 Å². The Morgan fingerprint density at radius 1 is 0.591 bits per heavy atom. The number of fused-ring (bicyclic) bond motifs is 2. The minimum absolute atomic E-state index is 0. The van der Waals surface area contributed by atoms with Crippen LogP contribution in [0.3, 0.4) is 0 Å². The summed E-state index contributed by atoms with van der Waals surface area (Å²) in [6.07, 6.45) is 30.7. The van der Waals surface area contributed by atoms with Crippen molar-refractivity contribution in [2.75, 3.05) is 23.9 Å². The molecule has 110 heavy (non-hydrogen) atoms. The van der Waals surface area contributed by atoms with Crippen LogP contribution in [0.5, 0.6) is 0 Å². The molecular weight excluding hydrogens is 1550 g/mol. The van der Waals surface area contributed by atoms with E-state index in [0.717, 1.165) is 92.4 Å². The number of anilines is 2. The second-order valence-corrected chi connectivity index (χ2v) is 31.4. The van der Waals surface area contributed by atoms with Crippen molar-refractivity contribution in [1.29, 1.82) is 0 Å². The molecule has 0 saturated heterocycles. The number of ketones is 2. The van der Waals surface area contributed by atoms with Gasteiger partial charge >= 0.3 is 20.1 Å². The number of aliphatic hydroxyl groups is 2. The third kappa shape index (κ3) is 31.9. The summed E-state index contributed by atoms with van der Waals surface area (Å²) in [6.45, 7) is 45.7. The molecule has 0 saturated carbocycles. The summed E-state index contributed by atoms with van der Waals surface area (Å²) in [4.78, 5) is 40.8. The van der Waals surface area contributed by atoms with E-state index in [1.54, 1.807) is 0 Å². The second kappa shape index (κ2) is 51.2. The maximum absolute atomic E-state index is 11.7. The number of benzene rings is 6. The van der Waals surface area contributed by atoms with Crippen LogP contribution in [-0.2, 0) is 29.7 Å². The van der Waals surface area contributed by atoms with Crippen LogP contribution in [0.15, 0.2) is 195 Å². The molecule has 6 aromatic carbocycles. The molecule has 2 aliphatic heterocycles. The molecule has 10 nitrogen and oxygen atoms in total. The van der Waals surface area contributed by atoms with Gasteiger partial charge in [-0.25, -0.2) is 0 Å². The minimum Gasteiger partial charge on any atom is -0.510 e. The normalized spacial score (nSPS) is 13.6. The zero-order valence-electron chi connectivity index (χ0n) is 70.9. The van der Waals surface area contributed by atoms with Gasteiger partial charge in [-0.15, -0.1) is 58.8 Å². The Morgan fingerprint density at radius 3 is 1.54 bits per heavy atom. The Bertz CT molecular complexity index is 3820. The predicted octanol–water partition coefficient (Wildman–Crippen LogP) is 25.8. The summed E-state index contributed by atoms with van der Waals surface area (Å²) in [5, 5.41) is 24.9.